The molecule has 10 nitrogen and oxygen atoms in total. The molecule has 0 spiro atoms. The van der Waals surface area contributed by atoms with Crippen LogP contribution in [0.5, 0.6) is 0 Å². The maximum absolute atomic E-state index is 12.3. The van der Waals surface area contributed by atoms with Crippen LogP contribution in [-0.2, 0) is 64.5 Å². The quantitative estimate of drug-likeness (QED) is 0.0372. The van der Waals surface area contributed by atoms with Gasteiger partial charge >= 0.3 is 42.9 Å². The Balaban J connectivity index is -0.000000767. The second-order valence-electron chi connectivity index (χ2n) is 11.3. The van der Waals surface area contributed by atoms with Crippen LogP contribution in [0.1, 0.15) is 156 Å². The van der Waals surface area contributed by atoms with Gasteiger partial charge in [-0.1, -0.05) is 130 Å². The van der Waals surface area contributed by atoms with Crippen LogP contribution in [-0.4, -0.2) is 50.7 Å². The van der Waals surface area contributed by atoms with Gasteiger partial charge < -0.3 is 37.9 Å². The normalized spacial score (nSPS) is 11.5. The molecule has 0 N–H and O–H groups in total. The van der Waals surface area contributed by atoms with E-state index in [-0.39, 0.29) is 54.1 Å². The average molecular weight is 871 g/mol. The Bertz CT molecular complexity index is 668. The predicted octanol–water partition coefficient (Wildman–Crippen LogP) is 7.80. The van der Waals surface area contributed by atoms with E-state index >= 15 is 0 Å². The third-order valence-corrected chi connectivity index (χ3v) is 10.4. The molecular weight excluding hydrogens is 807 g/mol. The van der Waals surface area contributed by atoms with Crippen LogP contribution in [0.4, 0.5) is 0 Å². The fraction of sp³-hybridized carbons (Fsp3) is 0.938. The van der Waals surface area contributed by atoms with E-state index in [4.69, 9.17) is 18.1 Å². The largest absolute Gasteiger partial charge is 2.00 e. The zero-order chi connectivity index (χ0) is 33.4. The van der Waals surface area contributed by atoms with Gasteiger partial charge in [0, 0.05) is 0 Å². The molecule has 0 saturated carbocycles. The van der Waals surface area contributed by atoms with Gasteiger partial charge in [0.2, 0.25) is 0 Å². The number of unbranched alkanes of at least 4 members (excludes halogenated alkanes) is 16. The molecule has 0 heterocycles. The van der Waals surface area contributed by atoms with E-state index in [0.29, 0.717) is 0 Å². The molecule has 45 heavy (non-hydrogen) atoms. The van der Waals surface area contributed by atoms with Gasteiger partial charge in [0.25, 0.3) is 0 Å². The summed E-state index contributed by atoms with van der Waals surface area (Å²) in [7, 11) is -7.10. The summed E-state index contributed by atoms with van der Waals surface area (Å²) in [5.41, 5.74) is 0. The first-order valence-corrected chi connectivity index (χ1v) is 20.7. The number of carbonyl (C=O) groups excluding carboxylic acids is 2. The topological polar surface area (TPSA) is 151 Å². The smallest absolute Gasteiger partial charge is 0.549 e. The third-order valence-electron chi connectivity index (χ3n) is 6.79. The number of hydrogen-bond donors (Lipinski definition) is 0. The molecule has 0 aliphatic heterocycles. The minimum absolute atomic E-state index is 0. The van der Waals surface area contributed by atoms with Crippen molar-refractivity contribution in [2.45, 2.75) is 156 Å². The van der Waals surface area contributed by atoms with Crippen LogP contribution >= 0.6 is 15.2 Å². The Morgan fingerprint density at radius 3 is 0.800 bits per heavy atom. The SMILES string of the molecule is CCCCCCCOP(=O)(CC(=O)[O-])OCCCCCCC.CCCCCCCOP(=O)(CC(=O)[O-])OCCCCCCC.[Hg+2]. The first kappa shape index (κ1) is 49.6. The zero-order valence-electron chi connectivity index (χ0n) is 29.1. The van der Waals surface area contributed by atoms with E-state index in [1.165, 1.54) is 25.7 Å². The van der Waals surface area contributed by atoms with Crippen LogP contribution in [0.3, 0.4) is 0 Å². The average Bonchev–Trinajstić information content (AvgIpc) is 2.96. The van der Waals surface area contributed by atoms with Crippen molar-refractivity contribution in [2.75, 3.05) is 38.8 Å². The molecule has 0 aromatic rings. The number of carboxylic acid groups (broad SMARTS) is 2. The number of carbonyl (C=O) groups is 2. The second-order valence-corrected chi connectivity index (χ2v) is 15.4. The standard InChI is InChI=1S/2C16H33O5P.Hg/c2*1-3-5-7-9-11-13-20-22(19,15-16(17)18)21-14-12-10-8-6-4-2;/h2*3-15H2,1-2H3,(H,17,18);/q;;+2/p-2. The van der Waals surface area contributed by atoms with Crippen molar-refractivity contribution >= 4 is 27.1 Å². The summed E-state index contributed by atoms with van der Waals surface area (Å²) >= 11 is 0. The summed E-state index contributed by atoms with van der Waals surface area (Å²) in [6, 6.07) is 0. The monoisotopic (exact) mass is 872 g/mol. The van der Waals surface area contributed by atoms with E-state index in [2.05, 4.69) is 27.7 Å². The molecule has 0 rings (SSSR count). The van der Waals surface area contributed by atoms with Crippen molar-refractivity contribution < 1.29 is 74.7 Å². The Morgan fingerprint density at radius 1 is 0.422 bits per heavy atom. The molecule has 0 fully saturated rings. The third kappa shape index (κ3) is 36.9. The molecule has 0 atom stereocenters. The Kier molecular flexibility index (Phi) is 39.1. The molecule has 0 aromatic carbocycles. The maximum Gasteiger partial charge on any atom is 2.00 e. The van der Waals surface area contributed by atoms with Crippen molar-refractivity contribution in [3.63, 3.8) is 0 Å². The Hall–Kier alpha value is 0.175. The molecular formula is C32H64HgO10P2. The number of hydrogen-bond acceptors (Lipinski definition) is 10. The van der Waals surface area contributed by atoms with Gasteiger partial charge in [0.15, 0.2) is 0 Å². The molecule has 13 heteroatoms. The Morgan fingerprint density at radius 2 is 0.622 bits per heavy atom. The summed E-state index contributed by atoms with van der Waals surface area (Å²) in [6.07, 6.45) is 19.5. The van der Waals surface area contributed by atoms with Crippen LogP contribution in [0.25, 0.3) is 0 Å². The molecule has 0 aliphatic rings. The van der Waals surface area contributed by atoms with Crippen LogP contribution in [0.15, 0.2) is 0 Å². The van der Waals surface area contributed by atoms with Crippen molar-refractivity contribution in [3.05, 3.63) is 0 Å². The van der Waals surface area contributed by atoms with Gasteiger partial charge in [-0.25, -0.2) is 0 Å². The van der Waals surface area contributed by atoms with Crippen molar-refractivity contribution in [1.29, 1.82) is 0 Å². The van der Waals surface area contributed by atoms with Crippen molar-refractivity contribution in [1.82, 2.24) is 0 Å². The zero-order valence-corrected chi connectivity index (χ0v) is 36.4. The summed E-state index contributed by atoms with van der Waals surface area (Å²) in [5, 5.41) is 21.4. The minimum Gasteiger partial charge on any atom is -0.549 e. The molecule has 0 saturated heterocycles. The molecule has 0 amide bonds. The first-order valence-electron chi connectivity index (χ1n) is 17.2. The van der Waals surface area contributed by atoms with Crippen LogP contribution in [0, 0.1) is 0 Å². The van der Waals surface area contributed by atoms with Gasteiger partial charge in [-0.05, 0) is 25.7 Å². The minimum atomic E-state index is -3.55. The van der Waals surface area contributed by atoms with Gasteiger partial charge in [-0.15, -0.1) is 0 Å². The summed E-state index contributed by atoms with van der Waals surface area (Å²) in [4.78, 5) is 21.4. The summed E-state index contributed by atoms with van der Waals surface area (Å²) in [6.45, 7) is 9.68. The molecule has 0 aliphatic carbocycles. The van der Waals surface area contributed by atoms with E-state index < -0.39 is 39.5 Å². The van der Waals surface area contributed by atoms with E-state index in [9.17, 15) is 28.9 Å². The molecule has 264 valence electrons. The van der Waals surface area contributed by atoms with Crippen molar-refractivity contribution in [3.8, 4) is 0 Å². The Labute approximate surface area is 295 Å². The van der Waals surface area contributed by atoms with E-state index in [0.717, 1.165) is 103 Å². The van der Waals surface area contributed by atoms with Gasteiger partial charge in [0.05, 0.1) is 50.7 Å². The predicted molar refractivity (Wildman–Crippen MR) is 174 cm³/mol. The van der Waals surface area contributed by atoms with Crippen molar-refractivity contribution in [2.24, 2.45) is 0 Å². The van der Waals surface area contributed by atoms with Crippen LogP contribution in [0.2, 0.25) is 0 Å². The summed E-state index contributed by atoms with van der Waals surface area (Å²) in [5.74, 6) is -2.78. The van der Waals surface area contributed by atoms with Gasteiger partial charge in [0.1, 0.15) is 0 Å². The van der Waals surface area contributed by atoms with Gasteiger partial charge in [-0.3, -0.25) is 9.13 Å². The van der Waals surface area contributed by atoms with E-state index in [1.54, 1.807) is 0 Å². The maximum atomic E-state index is 12.3. The van der Waals surface area contributed by atoms with E-state index in [1.807, 2.05) is 0 Å². The number of carboxylic acids is 2. The molecule has 0 aromatic heterocycles. The fourth-order valence-corrected chi connectivity index (χ4v) is 6.99. The molecule has 0 unspecified atom stereocenters. The molecule has 0 bridgehead atoms. The number of rotatable bonds is 32. The summed E-state index contributed by atoms with van der Waals surface area (Å²) < 4.78 is 45.7. The fourth-order valence-electron chi connectivity index (χ4n) is 4.21. The second kappa shape index (κ2) is 35.5. The first-order chi connectivity index (χ1) is 21.1. The number of aliphatic carboxylic acids is 2. The van der Waals surface area contributed by atoms with Gasteiger partial charge in [-0.2, -0.15) is 0 Å². The molecule has 0 radical (unpaired) electrons. The van der Waals surface area contributed by atoms with Crippen LogP contribution < -0.4 is 10.2 Å².